The molecule has 2 rings (SSSR count). The lowest BCUT2D eigenvalue weighted by atomic mass is 10.3. The van der Waals surface area contributed by atoms with E-state index < -0.39 is 0 Å². The van der Waals surface area contributed by atoms with Crippen molar-refractivity contribution < 1.29 is 4.79 Å². The van der Waals surface area contributed by atoms with Gasteiger partial charge in [-0.3, -0.25) is 4.79 Å². The van der Waals surface area contributed by atoms with Gasteiger partial charge < -0.3 is 5.32 Å². The number of amides is 1. The van der Waals surface area contributed by atoms with Crippen molar-refractivity contribution in [2.24, 2.45) is 0 Å². The van der Waals surface area contributed by atoms with Gasteiger partial charge in [-0.1, -0.05) is 23.4 Å². The first-order valence-electron chi connectivity index (χ1n) is 5.71. The number of carbonyl (C=O) groups is 1. The molecule has 0 saturated carbocycles. The molecule has 0 radical (unpaired) electrons. The number of carbonyl (C=O) groups excluding carboxylic acids is 1. The number of anilines is 1. The third-order valence-electron chi connectivity index (χ3n) is 2.30. The number of benzene rings is 1. The van der Waals surface area contributed by atoms with E-state index in [1.54, 1.807) is 48.4 Å². The van der Waals surface area contributed by atoms with Gasteiger partial charge in [0.25, 0.3) is 0 Å². The Labute approximate surface area is 130 Å². The summed E-state index contributed by atoms with van der Waals surface area (Å²) in [6.07, 6.45) is 5.46. The number of rotatable bonds is 5. The van der Waals surface area contributed by atoms with Crippen LogP contribution in [0.5, 0.6) is 0 Å². The molecule has 0 unspecified atom stereocenters. The Morgan fingerprint density at radius 1 is 1.25 bits per heavy atom. The van der Waals surface area contributed by atoms with Gasteiger partial charge in [0.15, 0.2) is 5.16 Å². The zero-order valence-corrected chi connectivity index (χ0v) is 13.1. The van der Waals surface area contributed by atoms with E-state index in [0.717, 1.165) is 10.6 Å². The number of hydrogen-bond donors (Lipinski definition) is 1. The summed E-state index contributed by atoms with van der Waals surface area (Å²) in [7, 11) is 0. The summed E-state index contributed by atoms with van der Waals surface area (Å²) >= 11 is 8.66. The van der Waals surface area contributed by atoms with E-state index in [1.165, 1.54) is 11.8 Å². The molecule has 20 heavy (non-hydrogen) atoms. The minimum absolute atomic E-state index is 0.102. The van der Waals surface area contributed by atoms with Crippen molar-refractivity contribution in [1.29, 1.82) is 0 Å². The number of hydrogen-bond acceptors (Lipinski definition) is 5. The molecule has 0 aliphatic carbocycles. The largest absolute Gasteiger partial charge is 0.325 e. The van der Waals surface area contributed by atoms with Gasteiger partial charge in [0.1, 0.15) is 0 Å². The summed E-state index contributed by atoms with van der Waals surface area (Å²) in [4.78, 5) is 21.1. The molecular formula is C13H12ClN3OS2. The van der Waals surface area contributed by atoms with E-state index in [9.17, 15) is 4.79 Å². The lowest BCUT2D eigenvalue weighted by molar-refractivity contribution is -0.113. The highest BCUT2D eigenvalue weighted by Crippen LogP contribution is 2.17. The van der Waals surface area contributed by atoms with Gasteiger partial charge in [0.2, 0.25) is 5.91 Å². The Kier molecular flexibility index (Phi) is 5.70. The molecule has 0 fully saturated rings. The number of thioether (sulfide) groups is 2. The molecule has 0 bridgehead atoms. The van der Waals surface area contributed by atoms with Gasteiger partial charge >= 0.3 is 0 Å². The summed E-state index contributed by atoms with van der Waals surface area (Å²) < 4.78 is 0. The van der Waals surface area contributed by atoms with Gasteiger partial charge in [-0.05, 0) is 30.5 Å². The van der Waals surface area contributed by atoms with Crippen LogP contribution in [0.2, 0.25) is 5.02 Å². The number of halogens is 1. The number of nitrogens with one attached hydrogen (secondary N) is 1. The highest BCUT2D eigenvalue weighted by Gasteiger charge is 2.05. The van der Waals surface area contributed by atoms with Crippen molar-refractivity contribution in [2.75, 3.05) is 17.3 Å². The maximum atomic E-state index is 11.8. The van der Waals surface area contributed by atoms with Crippen molar-refractivity contribution >= 4 is 46.7 Å². The average molecular weight is 326 g/mol. The van der Waals surface area contributed by atoms with Crippen molar-refractivity contribution in [3.05, 3.63) is 41.7 Å². The molecule has 1 aromatic carbocycles. The summed E-state index contributed by atoms with van der Waals surface area (Å²) in [5, 5.41) is 4.01. The normalized spacial score (nSPS) is 10.3. The molecule has 2 aromatic rings. The Morgan fingerprint density at radius 3 is 2.50 bits per heavy atom. The molecular weight excluding hydrogens is 314 g/mol. The summed E-state index contributed by atoms with van der Waals surface area (Å²) in [6, 6.07) is 6.98. The van der Waals surface area contributed by atoms with Crippen LogP contribution in [0.1, 0.15) is 0 Å². The van der Waals surface area contributed by atoms with Gasteiger partial charge in [0, 0.05) is 28.0 Å². The van der Waals surface area contributed by atoms with Crippen LogP contribution in [0.4, 0.5) is 5.69 Å². The standard InChI is InChI=1S/C13H12ClN3OS2/c1-19-11-6-15-13(16-7-11)20-8-12(18)17-10-4-2-9(14)3-5-10/h2-7H,8H2,1H3,(H,17,18). The Morgan fingerprint density at radius 2 is 1.90 bits per heavy atom. The van der Waals surface area contributed by atoms with Crippen molar-refractivity contribution in [2.45, 2.75) is 10.1 Å². The first-order chi connectivity index (χ1) is 9.67. The fourth-order valence-corrected chi connectivity index (χ4v) is 2.37. The van der Waals surface area contributed by atoms with Crippen LogP contribution in [0.25, 0.3) is 0 Å². The van der Waals surface area contributed by atoms with E-state index >= 15 is 0 Å². The van der Waals surface area contributed by atoms with E-state index in [4.69, 9.17) is 11.6 Å². The van der Waals surface area contributed by atoms with E-state index in [0.29, 0.717) is 10.2 Å². The molecule has 0 aliphatic rings. The van der Waals surface area contributed by atoms with Crippen molar-refractivity contribution in [3.8, 4) is 0 Å². The zero-order chi connectivity index (χ0) is 14.4. The summed E-state index contributed by atoms with van der Waals surface area (Å²) in [6.45, 7) is 0. The Hall–Kier alpha value is -1.24. The Balaban J connectivity index is 1.83. The highest BCUT2D eigenvalue weighted by atomic mass is 35.5. The van der Waals surface area contributed by atoms with E-state index in [-0.39, 0.29) is 11.7 Å². The van der Waals surface area contributed by atoms with Gasteiger partial charge in [0.05, 0.1) is 5.75 Å². The maximum Gasteiger partial charge on any atom is 0.234 e. The topological polar surface area (TPSA) is 54.9 Å². The highest BCUT2D eigenvalue weighted by molar-refractivity contribution is 7.99. The van der Waals surface area contributed by atoms with Crippen LogP contribution in [0, 0.1) is 0 Å². The van der Waals surface area contributed by atoms with Crippen molar-refractivity contribution in [1.82, 2.24) is 9.97 Å². The van der Waals surface area contributed by atoms with Crippen LogP contribution >= 0.6 is 35.1 Å². The van der Waals surface area contributed by atoms with Crippen LogP contribution < -0.4 is 5.32 Å². The zero-order valence-electron chi connectivity index (χ0n) is 10.7. The second-order valence-electron chi connectivity index (χ2n) is 3.75. The molecule has 1 aromatic heterocycles. The molecule has 0 atom stereocenters. The maximum absolute atomic E-state index is 11.8. The fraction of sp³-hybridized carbons (Fsp3) is 0.154. The fourth-order valence-electron chi connectivity index (χ4n) is 1.34. The van der Waals surface area contributed by atoms with Crippen molar-refractivity contribution in [3.63, 3.8) is 0 Å². The molecule has 1 amide bonds. The molecule has 1 N–H and O–H groups in total. The van der Waals surface area contributed by atoms with Crippen LogP contribution in [-0.4, -0.2) is 27.9 Å². The summed E-state index contributed by atoms with van der Waals surface area (Å²) in [5.74, 6) is 0.163. The van der Waals surface area contributed by atoms with Crippen LogP contribution in [-0.2, 0) is 4.79 Å². The van der Waals surface area contributed by atoms with E-state index in [2.05, 4.69) is 15.3 Å². The minimum Gasteiger partial charge on any atom is -0.325 e. The SMILES string of the molecule is CSc1cnc(SCC(=O)Nc2ccc(Cl)cc2)nc1. The van der Waals surface area contributed by atoms with Crippen LogP contribution in [0.3, 0.4) is 0 Å². The molecule has 1 heterocycles. The quantitative estimate of drug-likeness (QED) is 0.672. The number of nitrogens with zero attached hydrogens (tertiary/aromatic N) is 2. The second-order valence-corrected chi connectivity index (χ2v) is 6.01. The van der Waals surface area contributed by atoms with Gasteiger partial charge in [-0.2, -0.15) is 0 Å². The lowest BCUT2D eigenvalue weighted by Crippen LogP contribution is -2.14. The van der Waals surface area contributed by atoms with Crippen LogP contribution in [0.15, 0.2) is 46.7 Å². The van der Waals surface area contributed by atoms with Gasteiger partial charge in [-0.25, -0.2) is 9.97 Å². The third-order valence-corrected chi connectivity index (χ3v) is 4.11. The first-order valence-corrected chi connectivity index (χ1v) is 8.30. The lowest BCUT2D eigenvalue weighted by Gasteiger charge is -2.04. The predicted molar refractivity (Wildman–Crippen MR) is 84.6 cm³/mol. The molecule has 0 saturated heterocycles. The molecule has 7 heteroatoms. The summed E-state index contributed by atoms with van der Waals surface area (Å²) in [5.41, 5.74) is 0.721. The predicted octanol–water partition coefficient (Wildman–Crippen LogP) is 3.58. The average Bonchev–Trinajstić information content (AvgIpc) is 2.48. The molecule has 0 spiro atoms. The first kappa shape index (κ1) is 15.2. The minimum atomic E-state index is -0.102. The van der Waals surface area contributed by atoms with Gasteiger partial charge in [-0.15, -0.1) is 11.8 Å². The number of aromatic nitrogens is 2. The third kappa shape index (κ3) is 4.70. The second kappa shape index (κ2) is 7.52. The molecule has 0 aliphatic heterocycles. The smallest absolute Gasteiger partial charge is 0.234 e. The Bertz CT molecular complexity index is 575. The molecule has 4 nitrogen and oxygen atoms in total. The monoisotopic (exact) mass is 325 g/mol. The van der Waals surface area contributed by atoms with E-state index in [1.807, 2.05) is 6.26 Å². The molecule has 104 valence electrons.